The molecular formula is C27H40F3N5O4. The van der Waals surface area contributed by atoms with Crippen molar-refractivity contribution in [2.45, 2.75) is 97.6 Å². The van der Waals surface area contributed by atoms with Crippen molar-refractivity contribution in [1.29, 1.82) is 5.26 Å². The van der Waals surface area contributed by atoms with Gasteiger partial charge >= 0.3 is 12.1 Å². The lowest BCUT2D eigenvalue weighted by Gasteiger charge is -2.46. The van der Waals surface area contributed by atoms with Crippen LogP contribution in [-0.4, -0.2) is 64.9 Å². The Morgan fingerprint density at radius 1 is 1.15 bits per heavy atom. The number of likely N-dealkylation sites (tertiary alicyclic amines) is 1. The van der Waals surface area contributed by atoms with Crippen molar-refractivity contribution in [1.82, 2.24) is 20.9 Å². The van der Waals surface area contributed by atoms with Crippen molar-refractivity contribution in [3.05, 3.63) is 0 Å². The topological polar surface area (TPSA) is 131 Å². The molecule has 2 heterocycles. The van der Waals surface area contributed by atoms with Gasteiger partial charge < -0.3 is 20.9 Å². The summed E-state index contributed by atoms with van der Waals surface area (Å²) in [7, 11) is 0. The van der Waals surface area contributed by atoms with E-state index in [4.69, 9.17) is 0 Å². The van der Waals surface area contributed by atoms with Gasteiger partial charge in [-0.3, -0.25) is 19.2 Å². The van der Waals surface area contributed by atoms with Gasteiger partial charge in [0.05, 0.1) is 6.07 Å². The first-order chi connectivity index (χ1) is 17.8. The quantitative estimate of drug-likeness (QED) is 0.464. The molecule has 3 aliphatic rings. The number of nitrogens with zero attached hydrogens (tertiary/aromatic N) is 2. The van der Waals surface area contributed by atoms with Gasteiger partial charge in [-0.1, -0.05) is 34.6 Å². The lowest BCUT2D eigenvalue weighted by molar-refractivity contribution is -0.176. The highest BCUT2D eigenvalue weighted by Crippen LogP contribution is 2.53. The van der Waals surface area contributed by atoms with E-state index in [9.17, 15) is 37.6 Å². The first kappa shape index (κ1) is 30.7. The minimum Gasteiger partial charge on any atom is -0.351 e. The second-order valence-electron chi connectivity index (χ2n) is 13.2. The van der Waals surface area contributed by atoms with Crippen LogP contribution in [0.1, 0.15) is 67.7 Å². The fourth-order valence-electron chi connectivity index (χ4n) is 6.34. The number of nitriles is 1. The highest BCUT2D eigenvalue weighted by atomic mass is 19.4. The van der Waals surface area contributed by atoms with Crippen molar-refractivity contribution in [2.24, 2.45) is 35.0 Å². The molecule has 4 amide bonds. The summed E-state index contributed by atoms with van der Waals surface area (Å²) < 4.78 is 39.2. The monoisotopic (exact) mass is 555 g/mol. The minimum atomic E-state index is -5.17. The minimum absolute atomic E-state index is 0.0366. The van der Waals surface area contributed by atoms with E-state index in [2.05, 4.69) is 10.6 Å². The predicted octanol–water partition coefficient (Wildman–Crippen LogP) is 2.51. The Hall–Kier alpha value is -2.84. The standard InChI is InChI=1S/C27H40F3N5O4/c1-13-14(2)18-17(13)12-35(23(38)20(25(3,4)5)33-24(39)27(28,29)30)19(18)22(37)32-16(11-31)10-15-8-9-26(6,7)34-21(15)36/h13-20H,8-10,12H2,1-7H3,(H,32,37)(H,33,39)(H,34,36)/t13?,14?,15?,16-,17+,18-,19-,20+/m0/s1. The molecule has 3 N–H and O–H groups in total. The summed E-state index contributed by atoms with van der Waals surface area (Å²) in [6.07, 6.45) is -3.78. The predicted molar refractivity (Wildman–Crippen MR) is 135 cm³/mol. The van der Waals surface area contributed by atoms with Gasteiger partial charge in [-0.05, 0) is 62.2 Å². The molecule has 2 aliphatic heterocycles. The van der Waals surface area contributed by atoms with Crippen LogP contribution in [0.25, 0.3) is 0 Å². The summed E-state index contributed by atoms with van der Waals surface area (Å²) in [6.45, 7) is 12.6. The molecule has 8 atom stereocenters. The molecule has 12 heteroatoms. The van der Waals surface area contributed by atoms with Crippen LogP contribution < -0.4 is 16.0 Å². The van der Waals surface area contributed by atoms with Crippen molar-refractivity contribution in [3.63, 3.8) is 0 Å². The van der Waals surface area contributed by atoms with Crippen LogP contribution in [0.3, 0.4) is 0 Å². The zero-order valence-corrected chi connectivity index (χ0v) is 23.6. The highest BCUT2D eigenvalue weighted by Gasteiger charge is 2.60. The Morgan fingerprint density at radius 3 is 2.28 bits per heavy atom. The van der Waals surface area contributed by atoms with Crippen LogP contribution in [0.5, 0.6) is 0 Å². The van der Waals surface area contributed by atoms with Gasteiger partial charge in [-0.2, -0.15) is 18.4 Å². The fraction of sp³-hybridized carbons (Fsp3) is 0.815. The number of piperidine rings is 1. The molecule has 0 spiro atoms. The molecule has 0 aromatic heterocycles. The smallest absolute Gasteiger partial charge is 0.351 e. The summed E-state index contributed by atoms with van der Waals surface area (Å²) in [5.41, 5.74) is -1.42. The average Bonchev–Trinajstić information content (AvgIpc) is 3.18. The molecular weight excluding hydrogens is 515 g/mol. The van der Waals surface area contributed by atoms with E-state index < -0.39 is 53.4 Å². The molecule has 2 saturated heterocycles. The van der Waals surface area contributed by atoms with Crippen molar-refractivity contribution < 1.29 is 32.3 Å². The van der Waals surface area contributed by atoms with Crippen molar-refractivity contribution in [3.8, 4) is 6.07 Å². The van der Waals surface area contributed by atoms with Gasteiger partial charge in [0.2, 0.25) is 17.7 Å². The van der Waals surface area contributed by atoms with E-state index in [1.165, 1.54) is 4.90 Å². The van der Waals surface area contributed by atoms with E-state index in [-0.39, 0.29) is 48.1 Å². The van der Waals surface area contributed by atoms with Crippen LogP contribution >= 0.6 is 0 Å². The van der Waals surface area contributed by atoms with Crippen molar-refractivity contribution >= 4 is 23.6 Å². The Labute approximate surface area is 227 Å². The largest absolute Gasteiger partial charge is 0.471 e. The molecule has 3 unspecified atom stereocenters. The normalized spacial score (nSPS) is 31.6. The first-order valence-corrected chi connectivity index (χ1v) is 13.5. The average molecular weight is 556 g/mol. The van der Waals surface area contributed by atoms with E-state index in [1.54, 1.807) is 20.8 Å². The zero-order chi connectivity index (χ0) is 29.7. The number of carbonyl (C=O) groups is 4. The van der Waals surface area contributed by atoms with Crippen LogP contribution in [0.4, 0.5) is 13.2 Å². The Bertz CT molecular complexity index is 1050. The highest BCUT2D eigenvalue weighted by molar-refractivity contribution is 5.94. The fourth-order valence-corrected chi connectivity index (χ4v) is 6.34. The van der Waals surface area contributed by atoms with E-state index in [1.807, 2.05) is 39.1 Å². The van der Waals surface area contributed by atoms with Crippen LogP contribution in [0.15, 0.2) is 0 Å². The third kappa shape index (κ3) is 6.33. The molecule has 0 aromatic carbocycles. The van der Waals surface area contributed by atoms with Gasteiger partial charge in [0.25, 0.3) is 0 Å². The molecule has 0 radical (unpaired) electrons. The van der Waals surface area contributed by atoms with Gasteiger partial charge in [-0.25, -0.2) is 0 Å². The number of rotatable bonds is 6. The lowest BCUT2D eigenvalue weighted by Crippen LogP contribution is -2.61. The zero-order valence-electron chi connectivity index (χ0n) is 23.6. The number of amides is 4. The molecule has 3 rings (SSSR count). The van der Waals surface area contributed by atoms with Gasteiger partial charge in [0, 0.05) is 18.0 Å². The molecule has 1 saturated carbocycles. The molecule has 0 bridgehead atoms. The van der Waals surface area contributed by atoms with Gasteiger partial charge in [0.15, 0.2) is 0 Å². The number of nitrogens with one attached hydrogen (secondary N) is 3. The van der Waals surface area contributed by atoms with E-state index in [0.29, 0.717) is 6.42 Å². The van der Waals surface area contributed by atoms with Crippen LogP contribution in [0, 0.1) is 46.3 Å². The summed E-state index contributed by atoms with van der Waals surface area (Å²) in [4.78, 5) is 53.0. The van der Waals surface area contributed by atoms with Gasteiger partial charge in [0.1, 0.15) is 18.1 Å². The number of hydrogen-bond donors (Lipinski definition) is 3. The summed E-state index contributed by atoms with van der Waals surface area (Å²) in [5.74, 6) is -4.24. The number of carbonyl (C=O) groups excluding carboxylic acids is 4. The molecule has 218 valence electrons. The first-order valence-electron chi connectivity index (χ1n) is 13.5. The molecule has 1 aliphatic carbocycles. The third-order valence-electron chi connectivity index (χ3n) is 8.85. The third-order valence-corrected chi connectivity index (χ3v) is 8.85. The number of alkyl halides is 3. The maximum absolute atomic E-state index is 13.7. The number of halogens is 3. The molecule has 39 heavy (non-hydrogen) atoms. The Kier molecular flexibility index (Phi) is 8.36. The second-order valence-corrected chi connectivity index (χ2v) is 13.2. The summed E-state index contributed by atoms with van der Waals surface area (Å²) in [6, 6.07) is -1.46. The Balaban J connectivity index is 1.82. The molecule has 9 nitrogen and oxygen atoms in total. The lowest BCUT2D eigenvalue weighted by atomic mass is 9.58. The van der Waals surface area contributed by atoms with Gasteiger partial charge in [-0.15, -0.1) is 0 Å². The summed E-state index contributed by atoms with van der Waals surface area (Å²) >= 11 is 0. The van der Waals surface area contributed by atoms with Crippen LogP contribution in [0.2, 0.25) is 0 Å². The van der Waals surface area contributed by atoms with E-state index in [0.717, 1.165) is 6.42 Å². The maximum Gasteiger partial charge on any atom is 0.471 e. The molecule has 0 aromatic rings. The number of fused-ring (bicyclic) bond motifs is 1. The van der Waals surface area contributed by atoms with Crippen molar-refractivity contribution in [2.75, 3.05) is 6.54 Å². The Morgan fingerprint density at radius 2 is 1.77 bits per heavy atom. The molecule has 3 fully saturated rings. The van der Waals surface area contributed by atoms with Crippen LogP contribution in [-0.2, 0) is 19.2 Å². The van der Waals surface area contributed by atoms with E-state index >= 15 is 0 Å². The SMILES string of the molecule is CC1C(C)[C@H]2CN(C(=O)[C@@H](NC(=O)C(F)(F)F)C(C)(C)C)[C@H](C(=O)N[C@H](C#N)CC3CCC(C)(C)NC3=O)[C@@H]12. The maximum atomic E-state index is 13.7. The number of hydrogen-bond acceptors (Lipinski definition) is 5. The summed E-state index contributed by atoms with van der Waals surface area (Å²) in [5, 5.41) is 17.2. The second kappa shape index (κ2) is 10.6.